The van der Waals surface area contributed by atoms with Crippen LogP contribution in [0.2, 0.25) is 5.02 Å². The van der Waals surface area contributed by atoms with Crippen LogP contribution in [0.25, 0.3) is 0 Å². The minimum absolute atomic E-state index is 0.106. The Morgan fingerprint density at radius 2 is 1.90 bits per heavy atom. The third-order valence-corrected chi connectivity index (χ3v) is 4.97. The van der Waals surface area contributed by atoms with Gasteiger partial charge in [0.1, 0.15) is 17.4 Å². The van der Waals surface area contributed by atoms with E-state index in [0.717, 1.165) is 5.56 Å². The molecule has 0 aliphatic carbocycles. The molecule has 0 unspecified atom stereocenters. The summed E-state index contributed by atoms with van der Waals surface area (Å²) in [7, 11) is 0. The first-order valence-electron chi connectivity index (χ1n) is 9.73. The van der Waals surface area contributed by atoms with Crippen LogP contribution in [0.1, 0.15) is 15.9 Å². The summed E-state index contributed by atoms with van der Waals surface area (Å²) in [5, 5.41) is 3.50. The summed E-state index contributed by atoms with van der Waals surface area (Å²) in [6.45, 7) is 2.63. The lowest BCUT2D eigenvalue weighted by Crippen LogP contribution is -2.40. The van der Waals surface area contributed by atoms with Crippen LogP contribution in [0.15, 0.2) is 54.9 Å². The number of hydrogen-bond donors (Lipinski definition) is 1. The molecule has 3 heterocycles. The van der Waals surface area contributed by atoms with Gasteiger partial charge in [0.15, 0.2) is 0 Å². The van der Waals surface area contributed by atoms with Crippen LogP contribution in [0, 0.1) is 5.82 Å². The van der Waals surface area contributed by atoms with Crippen molar-refractivity contribution in [1.82, 2.24) is 14.9 Å². The Hall–Kier alpha value is -3.23. The van der Waals surface area contributed by atoms with Gasteiger partial charge in [0, 0.05) is 38.1 Å². The van der Waals surface area contributed by atoms with Crippen LogP contribution < -0.4 is 10.1 Å². The number of nitrogens with zero attached hydrogens (tertiary/aromatic N) is 3. The summed E-state index contributed by atoms with van der Waals surface area (Å²) in [6, 6.07) is 10.9. The van der Waals surface area contributed by atoms with E-state index in [2.05, 4.69) is 15.3 Å². The van der Waals surface area contributed by atoms with Crippen molar-refractivity contribution in [3.8, 4) is 11.6 Å². The third kappa shape index (κ3) is 5.48. The maximum Gasteiger partial charge on any atom is 0.255 e. The molecule has 1 saturated heterocycles. The highest BCUT2D eigenvalue weighted by molar-refractivity contribution is 6.33. The second-order valence-electron chi connectivity index (χ2n) is 6.87. The van der Waals surface area contributed by atoms with Gasteiger partial charge < -0.3 is 19.7 Å². The smallest absolute Gasteiger partial charge is 0.255 e. The summed E-state index contributed by atoms with van der Waals surface area (Å²) in [6.07, 6.45) is 3.18. The zero-order valence-electron chi connectivity index (χ0n) is 16.6. The van der Waals surface area contributed by atoms with Crippen molar-refractivity contribution in [2.45, 2.75) is 6.54 Å². The Morgan fingerprint density at radius 3 is 2.58 bits per heavy atom. The number of hydrogen-bond acceptors (Lipinski definition) is 6. The zero-order valence-corrected chi connectivity index (χ0v) is 17.3. The molecule has 2 aromatic heterocycles. The fraction of sp³-hybridized carbons (Fsp3) is 0.227. The van der Waals surface area contributed by atoms with Gasteiger partial charge >= 0.3 is 0 Å². The number of aromatic nitrogens is 2. The molecule has 3 aromatic rings. The Balaban J connectivity index is 1.34. The Kier molecular flexibility index (Phi) is 6.59. The van der Waals surface area contributed by atoms with Crippen LogP contribution in [-0.2, 0) is 11.3 Å². The molecule has 0 bridgehead atoms. The van der Waals surface area contributed by atoms with E-state index in [9.17, 15) is 9.18 Å². The molecule has 160 valence electrons. The normalized spacial score (nSPS) is 13.7. The number of pyridine rings is 2. The van der Waals surface area contributed by atoms with Crippen molar-refractivity contribution in [3.63, 3.8) is 0 Å². The van der Waals surface area contributed by atoms with Crippen molar-refractivity contribution in [3.05, 3.63) is 76.8 Å². The van der Waals surface area contributed by atoms with Crippen LogP contribution >= 0.6 is 11.6 Å². The lowest BCUT2D eigenvalue weighted by atomic mass is 10.2. The van der Waals surface area contributed by atoms with Gasteiger partial charge in [0.2, 0.25) is 5.88 Å². The third-order valence-electron chi connectivity index (χ3n) is 4.68. The van der Waals surface area contributed by atoms with Crippen LogP contribution in [0.5, 0.6) is 11.6 Å². The van der Waals surface area contributed by atoms with Gasteiger partial charge in [-0.3, -0.25) is 4.79 Å². The molecular weight excluding hydrogens is 423 g/mol. The van der Waals surface area contributed by atoms with Gasteiger partial charge in [-0.15, -0.1) is 0 Å². The molecule has 0 saturated carbocycles. The minimum Gasteiger partial charge on any atom is -0.439 e. The van der Waals surface area contributed by atoms with Gasteiger partial charge in [-0.1, -0.05) is 17.7 Å². The second-order valence-corrected chi connectivity index (χ2v) is 7.28. The first-order chi connectivity index (χ1) is 15.1. The summed E-state index contributed by atoms with van der Waals surface area (Å²) >= 11 is 6.32. The van der Waals surface area contributed by atoms with Crippen molar-refractivity contribution < 1.29 is 18.7 Å². The molecule has 31 heavy (non-hydrogen) atoms. The monoisotopic (exact) mass is 442 g/mol. The standard InChI is InChI=1S/C22H20ClFN4O3/c23-19-11-16(22(29)28-7-9-30-10-8-28)14-27-21(19)26-13-15-1-6-20(25-12-15)31-18-4-2-17(24)3-5-18/h1-6,11-12,14H,7-10,13H2,(H,26,27). The first-order valence-corrected chi connectivity index (χ1v) is 10.1. The Morgan fingerprint density at radius 1 is 1.13 bits per heavy atom. The summed E-state index contributed by atoms with van der Waals surface area (Å²) in [4.78, 5) is 22.8. The van der Waals surface area contributed by atoms with E-state index in [1.54, 1.807) is 23.2 Å². The molecule has 1 fully saturated rings. The van der Waals surface area contributed by atoms with Crippen molar-refractivity contribution in [2.75, 3.05) is 31.6 Å². The average Bonchev–Trinajstić information content (AvgIpc) is 2.81. The quantitative estimate of drug-likeness (QED) is 0.618. The van der Waals surface area contributed by atoms with Crippen molar-refractivity contribution in [1.29, 1.82) is 0 Å². The van der Waals surface area contributed by atoms with Gasteiger partial charge in [-0.25, -0.2) is 14.4 Å². The van der Waals surface area contributed by atoms with Crippen LogP contribution in [-0.4, -0.2) is 47.1 Å². The van der Waals surface area contributed by atoms with E-state index in [1.165, 1.54) is 30.5 Å². The Labute approximate surface area is 183 Å². The predicted molar refractivity (Wildman–Crippen MR) is 114 cm³/mol. The van der Waals surface area contributed by atoms with Crippen molar-refractivity contribution >= 4 is 23.3 Å². The topological polar surface area (TPSA) is 76.6 Å². The molecule has 7 nitrogen and oxygen atoms in total. The number of anilines is 1. The molecule has 1 aliphatic rings. The largest absolute Gasteiger partial charge is 0.439 e. The summed E-state index contributed by atoms with van der Waals surface area (Å²) in [5.74, 6) is 0.949. The molecule has 9 heteroatoms. The fourth-order valence-corrected chi connectivity index (χ4v) is 3.25. The molecule has 0 spiro atoms. The number of amides is 1. The molecule has 1 amide bonds. The number of halogens is 2. The molecule has 4 rings (SSSR count). The number of rotatable bonds is 6. The highest BCUT2D eigenvalue weighted by atomic mass is 35.5. The number of nitrogens with one attached hydrogen (secondary N) is 1. The summed E-state index contributed by atoms with van der Waals surface area (Å²) in [5.41, 5.74) is 1.33. The second kappa shape index (κ2) is 9.72. The van der Waals surface area contributed by atoms with E-state index in [1.807, 2.05) is 6.07 Å². The van der Waals surface area contributed by atoms with Crippen LogP contribution in [0.4, 0.5) is 10.2 Å². The lowest BCUT2D eigenvalue weighted by molar-refractivity contribution is 0.0302. The van der Waals surface area contributed by atoms with E-state index in [0.29, 0.717) is 60.9 Å². The van der Waals surface area contributed by atoms with E-state index >= 15 is 0 Å². The number of benzene rings is 1. The predicted octanol–water partition coefficient (Wildman–Crippen LogP) is 4.15. The van der Waals surface area contributed by atoms with Crippen LogP contribution in [0.3, 0.4) is 0 Å². The summed E-state index contributed by atoms with van der Waals surface area (Å²) < 4.78 is 23.8. The van der Waals surface area contributed by atoms with E-state index in [-0.39, 0.29) is 11.7 Å². The highest BCUT2D eigenvalue weighted by Gasteiger charge is 2.19. The molecule has 1 aliphatic heterocycles. The minimum atomic E-state index is -0.326. The lowest BCUT2D eigenvalue weighted by Gasteiger charge is -2.26. The molecule has 0 radical (unpaired) electrons. The number of carbonyl (C=O) groups excluding carboxylic acids is 1. The first kappa shape index (κ1) is 21.0. The molecule has 1 aromatic carbocycles. The number of ether oxygens (including phenoxy) is 2. The van der Waals surface area contributed by atoms with Gasteiger partial charge in [-0.05, 0) is 35.9 Å². The maximum atomic E-state index is 13.0. The van der Waals surface area contributed by atoms with E-state index < -0.39 is 0 Å². The van der Waals surface area contributed by atoms with E-state index in [4.69, 9.17) is 21.1 Å². The highest BCUT2D eigenvalue weighted by Crippen LogP contribution is 2.23. The van der Waals surface area contributed by atoms with Gasteiger partial charge in [0.25, 0.3) is 5.91 Å². The number of carbonyl (C=O) groups is 1. The maximum absolute atomic E-state index is 13.0. The molecule has 0 atom stereocenters. The molecule has 1 N–H and O–H groups in total. The SMILES string of the molecule is O=C(c1cnc(NCc2ccc(Oc3ccc(F)cc3)nc2)c(Cl)c1)N1CCOCC1. The average molecular weight is 443 g/mol. The fourth-order valence-electron chi connectivity index (χ4n) is 3.02. The van der Waals surface area contributed by atoms with Gasteiger partial charge in [0.05, 0.1) is 23.8 Å². The van der Waals surface area contributed by atoms with Gasteiger partial charge in [-0.2, -0.15) is 0 Å². The molecular formula is C22H20ClFN4O3. The zero-order chi connectivity index (χ0) is 21.6. The Bertz CT molecular complexity index is 1040. The van der Waals surface area contributed by atoms with Crippen molar-refractivity contribution in [2.24, 2.45) is 0 Å². The number of morpholine rings is 1.